The summed E-state index contributed by atoms with van der Waals surface area (Å²) in [6, 6.07) is 12.8. The van der Waals surface area contributed by atoms with Gasteiger partial charge in [0.1, 0.15) is 0 Å². The number of carbonyl (C=O) groups excluding carboxylic acids is 1. The van der Waals surface area contributed by atoms with Gasteiger partial charge in [-0.3, -0.25) is 4.79 Å². The first-order chi connectivity index (χ1) is 13.2. The van der Waals surface area contributed by atoms with Crippen LogP contribution in [0.2, 0.25) is 0 Å². The maximum absolute atomic E-state index is 13.0. The van der Waals surface area contributed by atoms with Crippen LogP contribution in [0.25, 0.3) is 11.0 Å². The molecule has 1 aliphatic heterocycles. The first-order valence-electron chi connectivity index (χ1n) is 8.92. The Hall–Kier alpha value is -3.35. The number of amides is 1. The summed E-state index contributed by atoms with van der Waals surface area (Å²) in [4.78, 5) is 24.3. The molecule has 1 aromatic heterocycles. The van der Waals surface area contributed by atoms with E-state index in [1.807, 2.05) is 43.0 Å². The van der Waals surface area contributed by atoms with Crippen LogP contribution < -0.4 is 19.7 Å². The number of rotatable bonds is 5. The lowest BCUT2D eigenvalue weighted by molar-refractivity contribution is 0.102. The Bertz CT molecular complexity index is 1000. The SMILES string of the molecule is CCN(CC)c1nc2ccccc2nc1C(=O)Nc1ccc2c(c1)OCO2. The topological polar surface area (TPSA) is 76.6 Å². The predicted octanol–water partition coefficient (Wildman–Crippen LogP) is 3.46. The maximum atomic E-state index is 13.0. The van der Waals surface area contributed by atoms with Gasteiger partial charge in [0.2, 0.25) is 6.79 Å². The lowest BCUT2D eigenvalue weighted by Gasteiger charge is -2.22. The molecule has 1 N–H and O–H groups in total. The van der Waals surface area contributed by atoms with Gasteiger partial charge in [0.05, 0.1) is 11.0 Å². The average molecular weight is 364 g/mol. The van der Waals surface area contributed by atoms with E-state index in [4.69, 9.17) is 14.5 Å². The van der Waals surface area contributed by atoms with Crippen LogP contribution in [0.15, 0.2) is 42.5 Å². The standard InChI is InChI=1S/C20H20N4O3/c1-3-24(4-2)19-18(22-14-7-5-6-8-15(14)23-19)20(25)21-13-9-10-16-17(11-13)27-12-26-16/h5-11H,3-4,12H2,1-2H3,(H,21,25). The molecule has 0 saturated carbocycles. The summed E-state index contributed by atoms with van der Waals surface area (Å²) >= 11 is 0. The van der Waals surface area contributed by atoms with Gasteiger partial charge in [0.15, 0.2) is 23.0 Å². The third-order valence-corrected chi connectivity index (χ3v) is 4.46. The number of nitrogens with zero attached hydrogens (tertiary/aromatic N) is 3. The Labute approximate surface area is 156 Å². The van der Waals surface area contributed by atoms with Crippen LogP contribution in [0.1, 0.15) is 24.3 Å². The zero-order valence-electron chi connectivity index (χ0n) is 15.2. The van der Waals surface area contributed by atoms with Gasteiger partial charge >= 0.3 is 0 Å². The first kappa shape index (κ1) is 17.1. The molecule has 0 unspecified atom stereocenters. The van der Waals surface area contributed by atoms with E-state index >= 15 is 0 Å². The summed E-state index contributed by atoms with van der Waals surface area (Å²) in [6.45, 7) is 5.70. The summed E-state index contributed by atoms with van der Waals surface area (Å²) in [6.07, 6.45) is 0. The molecule has 2 aromatic carbocycles. The number of aromatic nitrogens is 2. The number of ether oxygens (including phenoxy) is 2. The number of para-hydroxylation sites is 2. The van der Waals surface area contributed by atoms with Crippen LogP contribution in [0.5, 0.6) is 11.5 Å². The van der Waals surface area contributed by atoms with Gasteiger partial charge < -0.3 is 19.7 Å². The Morgan fingerprint density at radius 3 is 2.48 bits per heavy atom. The van der Waals surface area contributed by atoms with Crippen LogP contribution >= 0.6 is 0 Å². The molecule has 1 aliphatic rings. The van der Waals surface area contributed by atoms with Gasteiger partial charge in [-0.1, -0.05) is 12.1 Å². The molecule has 0 saturated heterocycles. The van der Waals surface area contributed by atoms with E-state index in [9.17, 15) is 4.79 Å². The van der Waals surface area contributed by atoms with Gasteiger partial charge in [-0.05, 0) is 38.1 Å². The predicted molar refractivity (Wildman–Crippen MR) is 104 cm³/mol. The molecular formula is C20H20N4O3. The van der Waals surface area contributed by atoms with Gasteiger partial charge in [0.25, 0.3) is 5.91 Å². The van der Waals surface area contributed by atoms with Crippen LogP contribution in [-0.4, -0.2) is 35.8 Å². The summed E-state index contributed by atoms with van der Waals surface area (Å²) < 4.78 is 10.7. The monoisotopic (exact) mass is 364 g/mol. The number of hydrogen-bond acceptors (Lipinski definition) is 6. The van der Waals surface area contributed by atoms with Gasteiger partial charge in [0, 0.05) is 24.8 Å². The zero-order chi connectivity index (χ0) is 18.8. The van der Waals surface area contributed by atoms with Crippen molar-refractivity contribution in [2.24, 2.45) is 0 Å². The van der Waals surface area contributed by atoms with Crippen molar-refractivity contribution in [3.63, 3.8) is 0 Å². The van der Waals surface area contributed by atoms with Gasteiger partial charge in [-0.25, -0.2) is 9.97 Å². The molecule has 0 fully saturated rings. The fraction of sp³-hybridized carbons (Fsp3) is 0.250. The highest BCUT2D eigenvalue weighted by atomic mass is 16.7. The first-order valence-corrected chi connectivity index (χ1v) is 8.92. The largest absolute Gasteiger partial charge is 0.454 e. The van der Waals surface area contributed by atoms with Crippen molar-refractivity contribution in [1.82, 2.24) is 9.97 Å². The summed E-state index contributed by atoms with van der Waals surface area (Å²) in [5, 5.41) is 2.89. The van der Waals surface area contributed by atoms with E-state index in [-0.39, 0.29) is 12.7 Å². The van der Waals surface area contributed by atoms with Crippen molar-refractivity contribution in [1.29, 1.82) is 0 Å². The minimum Gasteiger partial charge on any atom is -0.454 e. The lowest BCUT2D eigenvalue weighted by atomic mass is 10.2. The molecule has 2 heterocycles. The van der Waals surface area contributed by atoms with Crippen LogP contribution in [0, 0.1) is 0 Å². The highest BCUT2D eigenvalue weighted by Gasteiger charge is 2.21. The molecule has 7 heteroatoms. The minimum atomic E-state index is -0.311. The molecule has 0 atom stereocenters. The normalized spacial score (nSPS) is 12.2. The third-order valence-electron chi connectivity index (χ3n) is 4.46. The maximum Gasteiger partial charge on any atom is 0.278 e. The van der Waals surface area contributed by atoms with Crippen molar-refractivity contribution in [3.8, 4) is 11.5 Å². The van der Waals surface area contributed by atoms with E-state index in [1.165, 1.54) is 0 Å². The van der Waals surface area contributed by atoms with E-state index in [2.05, 4.69) is 10.3 Å². The summed E-state index contributed by atoms with van der Waals surface area (Å²) in [7, 11) is 0. The lowest BCUT2D eigenvalue weighted by Crippen LogP contribution is -2.27. The number of fused-ring (bicyclic) bond motifs is 2. The Morgan fingerprint density at radius 1 is 1.04 bits per heavy atom. The van der Waals surface area contributed by atoms with E-state index in [1.54, 1.807) is 18.2 Å². The molecule has 0 bridgehead atoms. The summed E-state index contributed by atoms with van der Waals surface area (Å²) in [5.41, 5.74) is 2.36. The van der Waals surface area contributed by atoms with Crippen molar-refractivity contribution in [3.05, 3.63) is 48.2 Å². The number of nitrogens with one attached hydrogen (secondary N) is 1. The van der Waals surface area contributed by atoms with Gasteiger partial charge in [-0.2, -0.15) is 0 Å². The average Bonchev–Trinajstić information content (AvgIpc) is 3.16. The van der Waals surface area contributed by atoms with Crippen molar-refractivity contribution in [2.45, 2.75) is 13.8 Å². The molecular weight excluding hydrogens is 344 g/mol. The van der Waals surface area contributed by atoms with Gasteiger partial charge in [-0.15, -0.1) is 0 Å². The Balaban J connectivity index is 1.72. The van der Waals surface area contributed by atoms with Crippen molar-refractivity contribution in [2.75, 3.05) is 30.1 Å². The van der Waals surface area contributed by atoms with Crippen LogP contribution in [0.3, 0.4) is 0 Å². The van der Waals surface area contributed by atoms with E-state index < -0.39 is 0 Å². The van der Waals surface area contributed by atoms with Crippen molar-refractivity contribution < 1.29 is 14.3 Å². The molecule has 27 heavy (non-hydrogen) atoms. The van der Waals surface area contributed by atoms with Crippen LogP contribution in [0.4, 0.5) is 11.5 Å². The molecule has 0 radical (unpaired) electrons. The van der Waals surface area contributed by atoms with E-state index in [0.717, 1.165) is 18.6 Å². The third kappa shape index (κ3) is 3.23. The molecule has 0 aliphatic carbocycles. The fourth-order valence-electron chi connectivity index (χ4n) is 3.05. The molecule has 7 nitrogen and oxygen atoms in total. The molecule has 3 aromatic rings. The molecule has 4 rings (SSSR count). The van der Waals surface area contributed by atoms with E-state index in [0.29, 0.717) is 34.2 Å². The molecule has 138 valence electrons. The Kier molecular flexibility index (Phi) is 4.50. The Morgan fingerprint density at radius 2 is 1.74 bits per heavy atom. The number of hydrogen-bond donors (Lipinski definition) is 1. The number of anilines is 2. The summed E-state index contributed by atoms with van der Waals surface area (Å²) in [5.74, 6) is 1.55. The number of carbonyl (C=O) groups is 1. The zero-order valence-corrected chi connectivity index (χ0v) is 15.2. The molecule has 0 spiro atoms. The highest BCUT2D eigenvalue weighted by Crippen LogP contribution is 2.34. The smallest absolute Gasteiger partial charge is 0.278 e. The second-order valence-corrected chi connectivity index (χ2v) is 6.08. The number of benzene rings is 2. The van der Waals surface area contributed by atoms with Crippen LogP contribution in [-0.2, 0) is 0 Å². The second-order valence-electron chi connectivity index (χ2n) is 6.08. The fourth-order valence-corrected chi connectivity index (χ4v) is 3.05. The quantitative estimate of drug-likeness (QED) is 0.747. The second kappa shape index (κ2) is 7.11. The molecule has 1 amide bonds. The minimum absolute atomic E-state index is 0.189. The van der Waals surface area contributed by atoms with Crippen molar-refractivity contribution >= 4 is 28.4 Å². The highest BCUT2D eigenvalue weighted by molar-refractivity contribution is 6.07.